The number of hydrogen-bond donors (Lipinski definition) is 2. The average Bonchev–Trinajstić information content (AvgIpc) is 2.40. The Balaban J connectivity index is 2.05. The summed E-state index contributed by atoms with van der Waals surface area (Å²) < 4.78 is 5.30. The minimum absolute atomic E-state index is 0.322. The molecule has 18 heavy (non-hydrogen) atoms. The largest absolute Gasteiger partial charge is 0.496 e. The molecule has 1 aromatic rings. The van der Waals surface area contributed by atoms with Gasteiger partial charge in [0.05, 0.1) is 13.2 Å². The molecule has 100 valence electrons. The molecule has 0 aromatic heterocycles. The molecule has 0 saturated carbocycles. The lowest BCUT2D eigenvalue weighted by molar-refractivity contribution is 0.0916. The van der Waals surface area contributed by atoms with E-state index in [4.69, 9.17) is 16.3 Å². The van der Waals surface area contributed by atoms with Gasteiger partial charge in [0, 0.05) is 18.0 Å². The summed E-state index contributed by atoms with van der Waals surface area (Å²) in [5.41, 5.74) is 0.975. The molecule has 0 aliphatic carbocycles. The van der Waals surface area contributed by atoms with Crippen molar-refractivity contribution in [1.29, 1.82) is 0 Å². The van der Waals surface area contributed by atoms with E-state index in [-0.39, 0.29) is 6.10 Å². The number of hydrogen-bond acceptors (Lipinski definition) is 3. The number of piperidine rings is 1. The molecule has 0 bridgehead atoms. The number of halogens is 1. The molecule has 0 amide bonds. The maximum atomic E-state index is 10.3. The standard InChI is InChI=1S/C14H20ClNO2/c1-18-14-5-4-12(15)7-11(14)8-13(17)10-3-2-6-16-9-10/h4-5,7,10,13,16-17H,2-3,6,8-9H2,1H3. The van der Waals surface area contributed by atoms with Gasteiger partial charge in [-0.2, -0.15) is 0 Å². The topological polar surface area (TPSA) is 41.5 Å². The molecule has 2 rings (SSSR count). The predicted molar refractivity (Wildman–Crippen MR) is 73.3 cm³/mol. The van der Waals surface area contributed by atoms with Gasteiger partial charge in [0.25, 0.3) is 0 Å². The van der Waals surface area contributed by atoms with E-state index in [9.17, 15) is 5.11 Å². The van der Waals surface area contributed by atoms with Crippen LogP contribution in [-0.4, -0.2) is 31.4 Å². The van der Waals surface area contributed by atoms with Crippen molar-refractivity contribution in [3.63, 3.8) is 0 Å². The van der Waals surface area contributed by atoms with Crippen LogP contribution in [0.2, 0.25) is 5.02 Å². The number of methoxy groups -OCH3 is 1. The molecule has 1 aliphatic heterocycles. The third kappa shape index (κ3) is 3.37. The van der Waals surface area contributed by atoms with Crippen molar-refractivity contribution in [2.24, 2.45) is 5.92 Å². The summed E-state index contributed by atoms with van der Waals surface area (Å²) in [5, 5.41) is 14.3. The van der Waals surface area contributed by atoms with E-state index < -0.39 is 0 Å². The molecule has 3 nitrogen and oxygen atoms in total. The van der Waals surface area contributed by atoms with E-state index >= 15 is 0 Å². The Morgan fingerprint density at radius 1 is 1.56 bits per heavy atom. The lowest BCUT2D eigenvalue weighted by atomic mass is 9.90. The third-order valence-corrected chi connectivity index (χ3v) is 3.79. The number of ether oxygens (including phenoxy) is 1. The van der Waals surface area contributed by atoms with Crippen LogP contribution in [0.1, 0.15) is 18.4 Å². The molecule has 0 radical (unpaired) electrons. The third-order valence-electron chi connectivity index (χ3n) is 3.55. The maximum Gasteiger partial charge on any atom is 0.122 e. The first-order chi connectivity index (χ1) is 8.70. The van der Waals surface area contributed by atoms with E-state index in [0.29, 0.717) is 17.4 Å². The number of rotatable bonds is 4. The van der Waals surface area contributed by atoms with Crippen LogP contribution in [-0.2, 0) is 6.42 Å². The fourth-order valence-corrected chi connectivity index (χ4v) is 2.70. The van der Waals surface area contributed by atoms with Crippen LogP contribution in [0.25, 0.3) is 0 Å². The highest BCUT2D eigenvalue weighted by Crippen LogP contribution is 2.26. The highest BCUT2D eigenvalue weighted by Gasteiger charge is 2.22. The molecular weight excluding hydrogens is 250 g/mol. The van der Waals surface area contributed by atoms with Crippen LogP contribution in [0.5, 0.6) is 5.75 Å². The fourth-order valence-electron chi connectivity index (χ4n) is 2.51. The maximum absolute atomic E-state index is 10.3. The van der Waals surface area contributed by atoms with Crippen LogP contribution >= 0.6 is 11.6 Å². The Kier molecular flexibility index (Phi) is 4.87. The zero-order chi connectivity index (χ0) is 13.0. The van der Waals surface area contributed by atoms with Gasteiger partial charge in [-0.15, -0.1) is 0 Å². The summed E-state index contributed by atoms with van der Waals surface area (Å²) in [7, 11) is 1.64. The molecule has 1 saturated heterocycles. The zero-order valence-corrected chi connectivity index (χ0v) is 11.4. The Morgan fingerprint density at radius 3 is 3.06 bits per heavy atom. The summed E-state index contributed by atoms with van der Waals surface area (Å²) in [4.78, 5) is 0. The van der Waals surface area contributed by atoms with Gasteiger partial charge in [0.1, 0.15) is 5.75 Å². The summed E-state index contributed by atoms with van der Waals surface area (Å²) in [6, 6.07) is 5.53. The molecule has 1 aliphatic rings. The lowest BCUT2D eigenvalue weighted by Gasteiger charge is -2.27. The lowest BCUT2D eigenvalue weighted by Crippen LogP contribution is -2.37. The second kappa shape index (κ2) is 6.41. The Labute approximate surface area is 113 Å². The molecule has 1 heterocycles. The smallest absolute Gasteiger partial charge is 0.122 e. The number of aliphatic hydroxyl groups is 1. The molecular formula is C14H20ClNO2. The first-order valence-corrected chi connectivity index (χ1v) is 6.79. The van der Waals surface area contributed by atoms with Crippen LogP contribution < -0.4 is 10.1 Å². The Morgan fingerprint density at radius 2 is 2.39 bits per heavy atom. The van der Waals surface area contributed by atoms with Crippen molar-refractivity contribution in [2.45, 2.75) is 25.4 Å². The van der Waals surface area contributed by atoms with Gasteiger partial charge >= 0.3 is 0 Å². The van der Waals surface area contributed by atoms with Crippen molar-refractivity contribution >= 4 is 11.6 Å². The molecule has 1 aromatic carbocycles. The van der Waals surface area contributed by atoms with E-state index in [0.717, 1.165) is 37.2 Å². The predicted octanol–water partition coefficient (Wildman–Crippen LogP) is 2.25. The first-order valence-electron chi connectivity index (χ1n) is 6.42. The zero-order valence-electron chi connectivity index (χ0n) is 10.7. The van der Waals surface area contributed by atoms with Crippen molar-refractivity contribution in [3.8, 4) is 5.75 Å². The van der Waals surface area contributed by atoms with Gasteiger partial charge in [-0.25, -0.2) is 0 Å². The quantitative estimate of drug-likeness (QED) is 0.881. The van der Waals surface area contributed by atoms with E-state index in [1.54, 1.807) is 13.2 Å². The van der Waals surface area contributed by atoms with Gasteiger partial charge in [-0.1, -0.05) is 11.6 Å². The van der Waals surface area contributed by atoms with Gasteiger partial charge < -0.3 is 15.2 Å². The average molecular weight is 270 g/mol. The van der Waals surface area contributed by atoms with Gasteiger partial charge in [-0.05, 0) is 49.1 Å². The summed E-state index contributed by atoms with van der Waals surface area (Å²) in [6.07, 6.45) is 2.46. The molecule has 2 unspecified atom stereocenters. The Hall–Kier alpha value is -0.770. The minimum Gasteiger partial charge on any atom is -0.496 e. The minimum atomic E-state index is -0.342. The van der Waals surface area contributed by atoms with Crippen LogP contribution in [0.3, 0.4) is 0 Å². The molecule has 4 heteroatoms. The number of aliphatic hydroxyl groups excluding tert-OH is 1. The molecule has 2 N–H and O–H groups in total. The van der Waals surface area contributed by atoms with Crippen LogP contribution in [0, 0.1) is 5.92 Å². The number of nitrogens with one attached hydrogen (secondary N) is 1. The summed E-state index contributed by atoms with van der Waals surface area (Å²) in [5.74, 6) is 1.12. The molecule has 1 fully saturated rings. The second-order valence-corrected chi connectivity index (χ2v) is 5.27. The van der Waals surface area contributed by atoms with Crippen LogP contribution in [0.15, 0.2) is 18.2 Å². The van der Waals surface area contributed by atoms with Gasteiger partial charge in [0.15, 0.2) is 0 Å². The molecule has 2 atom stereocenters. The second-order valence-electron chi connectivity index (χ2n) is 4.83. The van der Waals surface area contributed by atoms with Crippen molar-refractivity contribution in [3.05, 3.63) is 28.8 Å². The molecule has 0 spiro atoms. The van der Waals surface area contributed by atoms with E-state index in [1.165, 1.54) is 0 Å². The number of benzene rings is 1. The van der Waals surface area contributed by atoms with Crippen molar-refractivity contribution in [2.75, 3.05) is 20.2 Å². The first kappa shape index (κ1) is 13.7. The van der Waals surface area contributed by atoms with E-state index in [1.807, 2.05) is 12.1 Å². The van der Waals surface area contributed by atoms with Gasteiger partial charge in [0.2, 0.25) is 0 Å². The highest BCUT2D eigenvalue weighted by molar-refractivity contribution is 6.30. The van der Waals surface area contributed by atoms with Crippen molar-refractivity contribution < 1.29 is 9.84 Å². The normalized spacial score (nSPS) is 21.6. The van der Waals surface area contributed by atoms with E-state index in [2.05, 4.69) is 5.32 Å². The van der Waals surface area contributed by atoms with Crippen LogP contribution in [0.4, 0.5) is 0 Å². The van der Waals surface area contributed by atoms with Crippen molar-refractivity contribution in [1.82, 2.24) is 5.32 Å². The van der Waals surface area contributed by atoms with Gasteiger partial charge in [-0.3, -0.25) is 0 Å². The highest BCUT2D eigenvalue weighted by atomic mass is 35.5. The SMILES string of the molecule is COc1ccc(Cl)cc1CC(O)C1CCCNC1. The monoisotopic (exact) mass is 269 g/mol. The summed E-state index contributed by atoms with van der Waals surface area (Å²) >= 11 is 5.99. The Bertz CT molecular complexity index is 391. The summed E-state index contributed by atoms with van der Waals surface area (Å²) in [6.45, 7) is 1.95. The fraction of sp³-hybridized carbons (Fsp3) is 0.571.